The molecule has 0 radical (unpaired) electrons. The highest BCUT2D eigenvalue weighted by atomic mass is 28.4. The van der Waals surface area contributed by atoms with Crippen molar-refractivity contribution in [2.45, 2.75) is 169 Å². The number of nitrogens with one attached hydrogen (secondary N) is 2. The summed E-state index contributed by atoms with van der Waals surface area (Å²) in [6, 6.07) is 18.7. The van der Waals surface area contributed by atoms with Crippen molar-refractivity contribution in [1.29, 1.82) is 0 Å². The van der Waals surface area contributed by atoms with Crippen LogP contribution in [0.5, 0.6) is 0 Å². The van der Waals surface area contributed by atoms with Gasteiger partial charge in [0, 0.05) is 5.92 Å². The van der Waals surface area contributed by atoms with E-state index in [0.29, 0.717) is 23.2 Å². The van der Waals surface area contributed by atoms with E-state index in [-0.39, 0.29) is 44.6 Å². The second-order valence-corrected chi connectivity index (χ2v) is 27.1. The first-order valence-corrected chi connectivity index (χ1v) is 28.3. The maximum atomic E-state index is 13.7. The quantitative estimate of drug-likeness (QED) is 0.0489. The molecule has 68 heavy (non-hydrogen) atoms. The maximum Gasteiger partial charge on any atom is 0.306 e. The van der Waals surface area contributed by atoms with E-state index in [9.17, 15) is 24.0 Å². The van der Waals surface area contributed by atoms with Gasteiger partial charge in [-0.2, -0.15) is 0 Å². The van der Waals surface area contributed by atoms with Crippen LogP contribution in [0.1, 0.15) is 152 Å². The monoisotopic (exact) mass is 955 g/mol. The van der Waals surface area contributed by atoms with Gasteiger partial charge >= 0.3 is 11.9 Å². The summed E-state index contributed by atoms with van der Waals surface area (Å²) in [5.74, 6) is 2.47. The molecule has 2 amide bonds. The van der Waals surface area contributed by atoms with Gasteiger partial charge in [-0.1, -0.05) is 141 Å². The second-order valence-electron chi connectivity index (χ2n) is 23.1. The molecule has 6 rings (SSSR count). The van der Waals surface area contributed by atoms with Gasteiger partial charge in [0.1, 0.15) is 13.2 Å². The van der Waals surface area contributed by atoms with Gasteiger partial charge in [0.05, 0.1) is 31.5 Å². The van der Waals surface area contributed by atoms with Crippen LogP contribution in [0.3, 0.4) is 0 Å². The zero-order chi connectivity index (χ0) is 49.3. The Morgan fingerprint density at radius 3 is 2.12 bits per heavy atom. The van der Waals surface area contributed by atoms with Crippen LogP contribution in [0, 0.1) is 58.2 Å². The van der Waals surface area contributed by atoms with E-state index < -0.39 is 43.2 Å². The van der Waals surface area contributed by atoms with E-state index in [1.165, 1.54) is 57.8 Å². The van der Waals surface area contributed by atoms with Crippen molar-refractivity contribution < 1.29 is 38.6 Å². The van der Waals surface area contributed by atoms with Crippen LogP contribution in [0.2, 0.25) is 5.04 Å². The topological polar surface area (TPSA) is 151 Å². The van der Waals surface area contributed by atoms with Crippen LogP contribution in [0.15, 0.2) is 72.8 Å². The first-order valence-electron chi connectivity index (χ1n) is 26.3. The van der Waals surface area contributed by atoms with Crippen LogP contribution in [0.25, 0.3) is 0 Å². The third-order valence-corrected chi connectivity index (χ3v) is 22.6. The summed E-state index contributed by atoms with van der Waals surface area (Å²) in [4.78, 5) is 63.8. The van der Waals surface area contributed by atoms with Crippen molar-refractivity contribution in [3.05, 3.63) is 72.8 Å². The molecule has 10 nitrogen and oxygen atoms in total. The fourth-order valence-electron chi connectivity index (χ4n) is 14.4. The lowest BCUT2D eigenvalue weighted by molar-refractivity contribution is -0.148. The molecule has 11 heteroatoms. The van der Waals surface area contributed by atoms with Crippen LogP contribution in [-0.4, -0.2) is 73.9 Å². The molecule has 4 aliphatic carbocycles. The summed E-state index contributed by atoms with van der Waals surface area (Å²) in [6.07, 6.45) is 18.8. The summed E-state index contributed by atoms with van der Waals surface area (Å²) < 4.78 is 11.9. The summed E-state index contributed by atoms with van der Waals surface area (Å²) in [6.45, 7) is 17.8. The Bertz CT molecular complexity index is 1970. The molecule has 4 aliphatic rings. The molecule has 2 aromatic rings. The Morgan fingerprint density at radius 2 is 1.49 bits per heavy atom. The summed E-state index contributed by atoms with van der Waals surface area (Å²) in [5, 5.41) is 15.9. The number of hydrogen-bond donors (Lipinski definition) is 4. The van der Waals surface area contributed by atoms with Crippen molar-refractivity contribution in [3.8, 4) is 0 Å². The molecule has 2 aromatic carbocycles. The Balaban J connectivity index is 1.04. The van der Waals surface area contributed by atoms with Gasteiger partial charge in [-0.15, -0.1) is 0 Å². The lowest BCUT2D eigenvalue weighted by Gasteiger charge is -2.61. The number of esters is 1. The molecule has 4 fully saturated rings. The Hall–Kier alpha value is -3.80. The standard InChI is InChI=1S/C57H86N2O8Si/c1-9-17-41(35-55(5,6)68(65,44-20-12-10-13-21-44)45-22-14-11-15-23-45)50(37-67-54(64)29-28-53(62)63)59-51(60)36-58-52(61)38-66-43-30-32-56(7)42(34-43)24-25-46-48-27-26-47(40(4)19-16-18-39(2)3)57(48,8)33-31-49(46)56/h9-15,17,20-23,39-43,46-50,65H,16,18-19,24-38H2,1-8H3,(H,58,61)(H,59,60)(H,62,63)/b17-9+/t40?,41-,42?,43-,46?,47+,48?,49?,50-,56-,57+/m0/s1. The van der Waals surface area contributed by atoms with Gasteiger partial charge in [0.25, 0.3) is 8.32 Å². The Kier molecular flexibility index (Phi) is 18.4. The number of allylic oxidation sites excluding steroid dienone is 1. The van der Waals surface area contributed by atoms with Gasteiger partial charge in [-0.25, -0.2) is 0 Å². The predicted octanol–water partition coefficient (Wildman–Crippen LogP) is 9.62. The first kappa shape index (κ1) is 53.5. The number of rotatable bonds is 23. The fourth-order valence-corrected chi connectivity index (χ4v) is 18.2. The van der Waals surface area contributed by atoms with Gasteiger partial charge in [0.15, 0.2) is 0 Å². The number of carboxylic acids is 1. The first-order chi connectivity index (χ1) is 32.3. The fraction of sp³-hybridized carbons (Fsp3) is 0.684. The van der Waals surface area contributed by atoms with Gasteiger partial charge in [-0.05, 0) is 139 Å². The van der Waals surface area contributed by atoms with Crippen molar-refractivity contribution >= 4 is 42.4 Å². The van der Waals surface area contributed by atoms with Gasteiger partial charge in [0.2, 0.25) is 11.8 Å². The molecule has 0 aromatic heterocycles. The number of carbonyl (C=O) groups excluding carboxylic acids is 3. The number of hydrogen-bond acceptors (Lipinski definition) is 7. The van der Waals surface area contributed by atoms with Crippen LogP contribution < -0.4 is 21.0 Å². The molecule has 0 saturated heterocycles. The van der Waals surface area contributed by atoms with E-state index >= 15 is 0 Å². The second kappa shape index (κ2) is 23.4. The zero-order valence-corrected chi connectivity index (χ0v) is 43.8. The maximum absolute atomic E-state index is 13.7. The van der Waals surface area contributed by atoms with Crippen molar-refractivity contribution in [1.82, 2.24) is 10.6 Å². The normalized spacial score (nSPS) is 28.4. The zero-order valence-electron chi connectivity index (χ0n) is 42.8. The summed E-state index contributed by atoms with van der Waals surface area (Å²) in [7, 11) is -3.46. The molecule has 5 unspecified atom stereocenters. The molecule has 376 valence electrons. The average Bonchev–Trinajstić information content (AvgIpc) is 3.68. The van der Waals surface area contributed by atoms with Crippen molar-refractivity contribution in [3.63, 3.8) is 0 Å². The van der Waals surface area contributed by atoms with Crippen LogP contribution >= 0.6 is 0 Å². The molecule has 4 saturated carbocycles. The average molecular weight is 955 g/mol. The number of benzene rings is 2. The summed E-state index contributed by atoms with van der Waals surface area (Å²) >= 11 is 0. The molecular formula is C57H86N2O8Si. The van der Waals surface area contributed by atoms with Crippen LogP contribution in [0.4, 0.5) is 0 Å². The minimum absolute atomic E-state index is 0.0136. The highest BCUT2D eigenvalue weighted by molar-refractivity contribution is 6.98. The van der Waals surface area contributed by atoms with Crippen molar-refractivity contribution in [2.75, 3.05) is 19.8 Å². The SMILES string of the molecule is C/C=C/[C@@H](CC(C)(C)[Si](O)(c1ccccc1)c1ccccc1)[C@H](COC(=O)CCC(=O)O)NC(=O)CNC(=O)CO[C@H]1CC[C@@]2(C)C(CCC3C2CC[C@@]2(C)C3CC[C@@H]2C(C)CCCC(C)C)C1. The Labute approximate surface area is 409 Å². The van der Waals surface area contributed by atoms with E-state index in [4.69, 9.17) is 14.6 Å². The number of amides is 2. The number of fused-ring (bicyclic) bond motifs is 5. The molecule has 0 spiro atoms. The third kappa shape index (κ3) is 12.4. The van der Waals surface area contributed by atoms with Gasteiger partial charge in [-0.3, -0.25) is 19.2 Å². The molecular weight excluding hydrogens is 869 g/mol. The van der Waals surface area contributed by atoms with Gasteiger partial charge < -0.3 is 30.0 Å². The number of carboxylic acid groups (broad SMARTS) is 1. The number of ether oxygens (including phenoxy) is 2. The molecule has 0 aliphatic heterocycles. The highest BCUT2D eigenvalue weighted by Crippen LogP contribution is 2.68. The van der Waals surface area contributed by atoms with Crippen LogP contribution in [-0.2, 0) is 28.7 Å². The van der Waals surface area contributed by atoms with E-state index in [1.54, 1.807) is 0 Å². The predicted molar refractivity (Wildman–Crippen MR) is 273 cm³/mol. The molecule has 0 heterocycles. The largest absolute Gasteiger partial charge is 0.481 e. The highest BCUT2D eigenvalue weighted by Gasteiger charge is 2.61. The minimum Gasteiger partial charge on any atom is -0.481 e. The number of aliphatic carboxylic acids is 1. The molecule has 4 N–H and O–H groups in total. The van der Waals surface area contributed by atoms with Crippen molar-refractivity contribution in [2.24, 2.45) is 58.2 Å². The molecule has 0 bridgehead atoms. The smallest absolute Gasteiger partial charge is 0.306 e. The third-order valence-electron chi connectivity index (χ3n) is 18.1. The van der Waals surface area contributed by atoms with E-state index in [1.807, 2.05) is 93.6 Å². The lowest BCUT2D eigenvalue weighted by Crippen LogP contribution is -2.66. The summed E-state index contributed by atoms with van der Waals surface area (Å²) in [5.41, 5.74) is 0.796. The molecule has 11 atom stereocenters. The van der Waals surface area contributed by atoms with E-state index in [0.717, 1.165) is 65.1 Å². The minimum atomic E-state index is -3.46. The Morgan fingerprint density at radius 1 is 0.838 bits per heavy atom. The van der Waals surface area contributed by atoms with E-state index in [2.05, 4.69) is 45.3 Å². The lowest BCUT2D eigenvalue weighted by atomic mass is 9.44. The number of carbonyl (C=O) groups is 4.